The minimum Gasteiger partial charge on any atom is -0.393 e. The number of aromatic amines is 1. The maximum absolute atomic E-state index is 13.1. The zero-order valence-corrected chi connectivity index (χ0v) is 16.1. The van der Waals surface area contributed by atoms with Crippen LogP contribution in [0, 0.1) is 11.7 Å². The molecule has 4 N–H and O–H groups in total. The lowest BCUT2D eigenvalue weighted by atomic mass is 10.0. The number of carbonyl (C=O) groups is 1. The quantitative estimate of drug-likeness (QED) is 0.469. The van der Waals surface area contributed by atoms with E-state index >= 15 is 0 Å². The summed E-state index contributed by atoms with van der Waals surface area (Å²) in [6, 6.07) is 13.8. The molecule has 1 saturated carbocycles. The number of halogens is 1. The van der Waals surface area contributed by atoms with Crippen LogP contribution in [0.25, 0.3) is 22.0 Å². The van der Waals surface area contributed by atoms with Crippen LogP contribution < -0.4 is 5.32 Å². The van der Waals surface area contributed by atoms with Crippen LogP contribution in [0.5, 0.6) is 0 Å². The van der Waals surface area contributed by atoms with E-state index < -0.39 is 6.10 Å². The van der Waals surface area contributed by atoms with E-state index in [1.54, 1.807) is 18.2 Å². The third kappa shape index (κ3) is 4.83. The highest BCUT2D eigenvalue weighted by Crippen LogP contribution is 2.34. The van der Waals surface area contributed by atoms with Crippen LogP contribution in [0.1, 0.15) is 36.2 Å². The molecule has 152 valence electrons. The fourth-order valence-electron chi connectivity index (χ4n) is 3.56. The number of aromatic nitrogens is 1. The fourth-order valence-corrected chi connectivity index (χ4v) is 3.56. The molecule has 4 rings (SSSR count). The summed E-state index contributed by atoms with van der Waals surface area (Å²) in [5.41, 5.74) is 3.05. The first-order valence-electron chi connectivity index (χ1n) is 10.0. The molecule has 1 aliphatic rings. The summed E-state index contributed by atoms with van der Waals surface area (Å²) in [5.74, 6) is -0.174. The Morgan fingerprint density at radius 1 is 1.07 bits per heavy atom. The van der Waals surface area contributed by atoms with Crippen LogP contribution in [0.2, 0.25) is 0 Å². The zero-order chi connectivity index (χ0) is 20.4. The number of benzene rings is 2. The molecule has 1 aliphatic carbocycles. The molecule has 0 spiro atoms. The topological polar surface area (TPSA) is 85.3 Å². The first kappa shape index (κ1) is 19.6. The second kappa shape index (κ2) is 8.35. The van der Waals surface area contributed by atoms with E-state index in [1.807, 2.05) is 18.2 Å². The maximum Gasteiger partial charge on any atom is 0.267 e. The standard InChI is InChI=1S/C23H25FN2O3/c24-18-7-5-14(6-8-18)16-3-4-17-12-21(26-20(17)11-16)23(29)25-13-19(27)9-10-22(28)15-1-2-15/h3-8,11-12,15,19,22,26-28H,1-2,9-10,13H2,(H,25,29). The van der Waals surface area contributed by atoms with Gasteiger partial charge in [0, 0.05) is 17.4 Å². The summed E-state index contributed by atoms with van der Waals surface area (Å²) >= 11 is 0. The third-order valence-corrected chi connectivity index (χ3v) is 5.50. The van der Waals surface area contributed by atoms with Gasteiger partial charge in [0.1, 0.15) is 11.5 Å². The van der Waals surface area contributed by atoms with Gasteiger partial charge in [-0.2, -0.15) is 0 Å². The van der Waals surface area contributed by atoms with Crippen molar-refractivity contribution < 1.29 is 19.4 Å². The number of amides is 1. The highest BCUT2D eigenvalue weighted by molar-refractivity contribution is 5.98. The first-order valence-corrected chi connectivity index (χ1v) is 10.0. The lowest BCUT2D eigenvalue weighted by Crippen LogP contribution is -2.32. The number of aliphatic hydroxyl groups excluding tert-OH is 2. The number of rotatable bonds is 8. The number of carbonyl (C=O) groups excluding carboxylic acids is 1. The molecule has 5 nitrogen and oxygen atoms in total. The maximum atomic E-state index is 13.1. The van der Waals surface area contributed by atoms with E-state index in [9.17, 15) is 19.4 Å². The molecule has 0 bridgehead atoms. The molecular formula is C23H25FN2O3. The molecule has 6 heteroatoms. The second-order valence-electron chi connectivity index (χ2n) is 7.84. The van der Waals surface area contributed by atoms with Crippen molar-refractivity contribution in [2.24, 2.45) is 5.92 Å². The number of aliphatic hydroxyl groups is 2. The summed E-state index contributed by atoms with van der Waals surface area (Å²) in [6.45, 7) is 0.145. The van der Waals surface area contributed by atoms with Gasteiger partial charge >= 0.3 is 0 Å². The van der Waals surface area contributed by atoms with Crippen molar-refractivity contribution >= 4 is 16.8 Å². The Morgan fingerprint density at radius 3 is 2.52 bits per heavy atom. The van der Waals surface area contributed by atoms with Crippen LogP contribution in [-0.4, -0.2) is 39.9 Å². The highest BCUT2D eigenvalue weighted by atomic mass is 19.1. The molecule has 3 aromatic rings. The van der Waals surface area contributed by atoms with E-state index in [0.29, 0.717) is 24.5 Å². The molecule has 1 amide bonds. The van der Waals surface area contributed by atoms with Gasteiger partial charge in [0.2, 0.25) is 0 Å². The van der Waals surface area contributed by atoms with Gasteiger partial charge in [0.15, 0.2) is 0 Å². The van der Waals surface area contributed by atoms with Crippen molar-refractivity contribution in [2.45, 2.75) is 37.9 Å². The molecule has 0 radical (unpaired) electrons. The minimum absolute atomic E-state index is 0.145. The van der Waals surface area contributed by atoms with Crippen molar-refractivity contribution in [3.05, 3.63) is 60.0 Å². The predicted molar refractivity (Wildman–Crippen MR) is 110 cm³/mol. The first-order chi connectivity index (χ1) is 14.0. The van der Waals surface area contributed by atoms with Crippen LogP contribution in [0.4, 0.5) is 4.39 Å². The molecule has 29 heavy (non-hydrogen) atoms. The summed E-state index contributed by atoms with van der Waals surface area (Å²) in [7, 11) is 0. The van der Waals surface area contributed by atoms with Crippen molar-refractivity contribution in [1.29, 1.82) is 0 Å². The Bertz CT molecular complexity index is 995. The van der Waals surface area contributed by atoms with Gasteiger partial charge in [0.25, 0.3) is 5.91 Å². The van der Waals surface area contributed by atoms with Crippen LogP contribution in [0.3, 0.4) is 0 Å². The Kier molecular flexibility index (Phi) is 5.65. The smallest absolute Gasteiger partial charge is 0.267 e. The number of nitrogens with one attached hydrogen (secondary N) is 2. The Balaban J connectivity index is 1.36. The number of hydrogen-bond donors (Lipinski definition) is 4. The number of fused-ring (bicyclic) bond motifs is 1. The molecule has 0 saturated heterocycles. The SMILES string of the molecule is O=C(NCC(O)CCC(O)C1CC1)c1cc2ccc(-c3ccc(F)cc3)cc2[nH]1. The summed E-state index contributed by atoms with van der Waals surface area (Å²) in [6.07, 6.45) is 2.13. The van der Waals surface area contributed by atoms with Gasteiger partial charge in [-0.15, -0.1) is 0 Å². The zero-order valence-electron chi connectivity index (χ0n) is 16.1. The van der Waals surface area contributed by atoms with Crippen LogP contribution in [-0.2, 0) is 0 Å². The lowest BCUT2D eigenvalue weighted by molar-refractivity contribution is 0.0855. The van der Waals surface area contributed by atoms with Crippen molar-refractivity contribution in [2.75, 3.05) is 6.54 Å². The third-order valence-electron chi connectivity index (χ3n) is 5.50. The molecule has 2 aromatic carbocycles. The molecular weight excluding hydrogens is 371 g/mol. The summed E-state index contributed by atoms with van der Waals surface area (Å²) in [5, 5.41) is 23.6. The summed E-state index contributed by atoms with van der Waals surface area (Å²) in [4.78, 5) is 15.5. The molecule has 1 aromatic heterocycles. The van der Waals surface area contributed by atoms with Gasteiger partial charge < -0.3 is 20.5 Å². The van der Waals surface area contributed by atoms with E-state index in [1.165, 1.54) is 12.1 Å². The van der Waals surface area contributed by atoms with Crippen molar-refractivity contribution in [3.63, 3.8) is 0 Å². The summed E-state index contributed by atoms with van der Waals surface area (Å²) < 4.78 is 13.1. The van der Waals surface area contributed by atoms with Gasteiger partial charge in [-0.1, -0.05) is 24.3 Å². The van der Waals surface area contributed by atoms with Crippen molar-refractivity contribution in [1.82, 2.24) is 10.3 Å². The monoisotopic (exact) mass is 396 g/mol. The van der Waals surface area contributed by atoms with Gasteiger partial charge in [0.05, 0.1) is 12.2 Å². The van der Waals surface area contributed by atoms with Gasteiger partial charge in [-0.25, -0.2) is 4.39 Å². The van der Waals surface area contributed by atoms with Gasteiger partial charge in [-0.05, 0) is 67.0 Å². The normalized spacial score (nSPS) is 16.0. The van der Waals surface area contributed by atoms with E-state index in [0.717, 1.165) is 34.9 Å². The minimum atomic E-state index is -0.679. The molecule has 1 fully saturated rings. The second-order valence-corrected chi connectivity index (χ2v) is 7.84. The average molecular weight is 396 g/mol. The number of H-pyrrole nitrogens is 1. The fraction of sp³-hybridized carbons (Fsp3) is 0.348. The molecule has 2 unspecified atom stereocenters. The molecule has 0 aliphatic heterocycles. The Hall–Kier alpha value is -2.70. The van der Waals surface area contributed by atoms with E-state index in [2.05, 4.69) is 10.3 Å². The lowest BCUT2D eigenvalue weighted by Gasteiger charge is -2.14. The van der Waals surface area contributed by atoms with E-state index in [-0.39, 0.29) is 24.4 Å². The van der Waals surface area contributed by atoms with E-state index in [4.69, 9.17) is 0 Å². The van der Waals surface area contributed by atoms with Crippen LogP contribution in [0.15, 0.2) is 48.5 Å². The molecule has 2 atom stereocenters. The molecule has 1 heterocycles. The van der Waals surface area contributed by atoms with Crippen LogP contribution >= 0.6 is 0 Å². The largest absolute Gasteiger partial charge is 0.393 e. The number of hydrogen-bond acceptors (Lipinski definition) is 3. The Morgan fingerprint density at radius 2 is 1.79 bits per heavy atom. The Labute approximate surface area is 168 Å². The predicted octanol–water partition coefficient (Wildman–Crippen LogP) is 3.62. The van der Waals surface area contributed by atoms with Gasteiger partial charge in [-0.3, -0.25) is 4.79 Å². The highest BCUT2D eigenvalue weighted by Gasteiger charge is 2.29. The van der Waals surface area contributed by atoms with Crippen molar-refractivity contribution in [3.8, 4) is 11.1 Å². The average Bonchev–Trinajstić information content (AvgIpc) is 3.49.